The third-order valence-corrected chi connectivity index (χ3v) is 4.26. The van der Waals surface area contributed by atoms with Gasteiger partial charge in [-0.25, -0.2) is 9.99 Å². The van der Waals surface area contributed by atoms with E-state index in [1.54, 1.807) is 26.8 Å². The van der Waals surface area contributed by atoms with Crippen LogP contribution in [-0.2, 0) is 0 Å². The van der Waals surface area contributed by atoms with Crippen LogP contribution in [0.15, 0.2) is 36.5 Å². The van der Waals surface area contributed by atoms with Crippen LogP contribution >= 0.6 is 35.4 Å². The van der Waals surface area contributed by atoms with E-state index in [2.05, 4.69) is 22.6 Å². The number of rotatable bonds is 4. The molecule has 2 amide bonds. The van der Waals surface area contributed by atoms with Crippen molar-refractivity contribution in [1.82, 2.24) is 15.4 Å². The van der Waals surface area contributed by atoms with Crippen LogP contribution in [0.1, 0.15) is 41.5 Å². The first-order valence-corrected chi connectivity index (χ1v) is 9.04. The lowest BCUT2D eigenvalue weighted by molar-refractivity contribution is 0.0357. The summed E-state index contributed by atoms with van der Waals surface area (Å²) in [7, 11) is 0. The van der Waals surface area contributed by atoms with Crippen molar-refractivity contribution >= 4 is 52.8 Å². The number of halogens is 2. The molecule has 0 unspecified atom stereocenters. The molecule has 0 bridgehead atoms. The predicted molar refractivity (Wildman–Crippen MR) is 108 cm³/mol. The number of ether oxygens (including phenoxy) is 1. The van der Waals surface area contributed by atoms with Gasteiger partial charge in [-0.05, 0) is 63.3 Å². The van der Waals surface area contributed by atoms with Crippen LogP contribution in [0.2, 0.25) is 10.0 Å². The second-order valence-electron chi connectivity index (χ2n) is 6.45. The Hall–Kier alpha value is -2.22. The van der Waals surface area contributed by atoms with E-state index in [0.717, 1.165) is 5.55 Å². The Bertz CT molecular complexity index is 884. The smallest absolute Gasteiger partial charge is 0.275 e. The second kappa shape index (κ2) is 8.65. The summed E-state index contributed by atoms with van der Waals surface area (Å²) in [6.45, 7) is 5.33. The molecule has 6 nitrogen and oxygen atoms in total. The summed E-state index contributed by atoms with van der Waals surface area (Å²) in [5, 5.41) is 1.78. The van der Waals surface area contributed by atoms with Gasteiger partial charge in [-0.3, -0.25) is 15.0 Å². The minimum absolute atomic E-state index is 0.0424. The maximum absolute atomic E-state index is 13.0. The largest absolute Gasteiger partial charge is 0.434 e. The topological polar surface area (TPSA) is 71.5 Å². The van der Waals surface area contributed by atoms with Gasteiger partial charge in [-0.15, -0.1) is 0 Å². The first kappa shape index (κ1) is 21.1. The molecule has 9 heteroatoms. The highest BCUT2D eigenvalue weighted by molar-refractivity contribution is 7.78. The number of hydrogen-bond donors (Lipinski definition) is 1. The minimum atomic E-state index is -0.730. The van der Waals surface area contributed by atoms with Gasteiger partial charge in [0.2, 0.25) is 5.88 Å². The number of pyridine rings is 1. The number of amides is 2. The van der Waals surface area contributed by atoms with E-state index in [1.807, 2.05) is 0 Å². The van der Waals surface area contributed by atoms with Crippen LogP contribution < -0.4 is 10.2 Å². The van der Waals surface area contributed by atoms with Crippen LogP contribution in [0.3, 0.4) is 0 Å². The summed E-state index contributed by atoms with van der Waals surface area (Å²) in [5.74, 6) is -0.977. The molecule has 1 aromatic heterocycles. The number of nitrogens with zero attached hydrogens (tertiary/aromatic N) is 2. The van der Waals surface area contributed by atoms with Gasteiger partial charge in [0.15, 0.2) is 5.55 Å². The third kappa shape index (κ3) is 5.15. The molecule has 0 saturated heterocycles. The average Bonchev–Trinajstić information content (AvgIpc) is 2.61. The predicted octanol–water partition coefficient (Wildman–Crippen LogP) is 4.31. The first-order valence-electron chi connectivity index (χ1n) is 7.81. The molecule has 2 rings (SSSR count). The zero-order valence-electron chi connectivity index (χ0n) is 14.8. The maximum atomic E-state index is 13.0. The molecule has 0 aliphatic heterocycles. The lowest BCUT2D eigenvalue weighted by atomic mass is 10.1. The van der Waals surface area contributed by atoms with Crippen molar-refractivity contribution in [2.75, 3.05) is 0 Å². The molecule has 2 aromatic rings. The molecule has 0 aliphatic rings. The Kier molecular flexibility index (Phi) is 6.75. The Morgan fingerprint density at radius 2 is 1.93 bits per heavy atom. The molecule has 1 aromatic carbocycles. The summed E-state index contributed by atoms with van der Waals surface area (Å²) in [5.41, 5.74) is 3.29. The monoisotopic (exact) mass is 425 g/mol. The van der Waals surface area contributed by atoms with E-state index >= 15 is 0 Å². The van der Waals surface area contributed by atoms with Crippen molar-refractivity contribution < 1.29 is 14.3 Å². The molecule has 0 atom stereocenters. The molecule has 0 fully saturated rings. The van der Waals surface area contributed by atoms with Gasteiger partial charge in [0.25, 0.3) is 11.8 Å². The summed E-state index contributed by atoms with van der Waals surface area (Å²) in [6, 6.07) is 7.59. The maximum Gasteiger partial charge on any atom is 0.275 e. The Morgan fingerprint density at radius 1 is 1.22 bits per heavy atom. The Labute approximate surface area is 172 Å². The summed E-state index contributed by atoms with van der Waals surface area (Å²) < 4.78 is 5.08. The van der Waals surface area contributed by atoms with E-state index in [-0.39, 0.29) is 22.0 Å². The van der Waals surface area contributed by atoms with E-state index < -0.39 is 17.4 Å². The normalized spacial score (nSPS) is 10.9. The first-order chi connectivity index (χ1) is 12.6. The fourth-order valence-electron chi connectivity index (χ4n) is 2.15. The van der Waals surface area contributed by atoms with Gasteiger partial charge < -0.3 is 4.74 Å². The van der Waals surface area contributed by atoms with Crippen LogP contribution in [0, 0.1) is 0 Å². The second-order valence-corrected chi connectivity index (χ2v) is 7.46. The molecular weight excluding hydrogens is 409 g/mol. The lowest BCUT2D eigenvalue weighted by Crippen LogP contribution is -2.55. The van der Waals surface area contributed by atoms with Gasteiger partial charge in [0.1, 0.15) is 5.56 Å². The highest BCUT2D eigenvalue weighted by atomic mass is 35.5. The lowest BCUT2D eigenvalue weighted by Gasteiger charge is -2.35. The number of aromatic nitrogens is 1. The van der Waals surface area contributed by atoms with Gasteiger partial charge in [0, 0.05) is 11.8 Å². The van der Waals surface area contributed by atoms with Crippen LogP contribution in [0.4, 0.5) is 0 Å². The van der Waals surface area contributed by atoms with Gasteiger partial charge in [-0.1, -0.05) is 23.2 Å². The number of hydrogen-bond acceptors (Lipinski definition) is 5. The number of thiocarbonyl (C=S) groups is 1. The van der Waals surface area contributed by atoms with Gasteiger partial charge in [0.05, 0.1) is 15.6 Å². The summed E-state index contributed by atoms with van der Waals surface area (Å²) >= 11 is 16.6. The number of carbonyl (C=O) groups is 2. The number of carbonyl (C=O) groups excluding carboxylic acids is 2. The van der Waals surface area contributed by atoms with E-state index in [9.17, 15) is 9.59 Å². The molecule has 0 spiro atoms. The van der Waals surface area contributed by atoms with Crippen LogP contribution in [0.25, 0.3) is 0 Å². The van der Waals surface area contributed by atoms with E-state index in [4.69, 9.17) is 27.9 Å². The van der Waals surface area contributed by atoms with Crippen molar-refractivity contribution in [3.8, 4) is 5.88 Å². The highest BCUT2D eigenvalue weighted by Crippen LogP contribution is 2.25. The molecule has 142 valence electrons. The number of nitrogens with one attached hydrogen (secondary N) is 1. The molecular formula is C18H17Cl2N3O3S. The molecule has 0 radical (unpaired) electrons. The Balaban J connectivity index is 2.35. The van der Waals surface area contributed by atoms with Crippen molar-refractivity contribution in [2.24, 2.45) is 0 Å². The number of benzene rings is 1. The third-order valence-electron chi connectivity index (χ3n) is 3.43. The average molecular weight is 426 g/mol. The van der Waals surface area contributed by atoms with Crippen LogP contribution in [0.5, 0.6) is 5.88 Å². The molecule has 1 heterocycles. The zero-order valence-corrected chi connectivity index (χ0v) is 17.2. The fraction of sp³-hybridized carbons (Fsp3) is 0.222. The Morgan fingerprint density at radius 3 is 2.52 bits per heavy atom. The standard InChI is InChI=1S/C18H17Cl2N3O3S/c1-18(2,3)23(17(25)11-6-7-13(19)14(20)9-11)22-15(24)12-5-4-8-21-16(12)26-10-27/h4-10H,1-3H3,(H,22,24). The van der Waals surface area contributed by atoms with E-state index in [1.165, 1.54) is 35.5 Å². The van der Waals surface area contributed by atoms with Crippen molar-refractivity contribution in [1.29, 1.82) is 0 Å². The number of hydrazine groups is 1. The van der Waals surface area contributed by atoms with Crippen LogP contribution in [-0.4, -0.2) is 32.9 Å². The van der Waals surface area contributed by atoms with Crippen molar-refractivity contribution in [2.45, 2.75) is 26.3 Å². The molecule has 27 heavy (non-hydrogen) atoms. The molecule has 0 saturated carbocycles. The van der Waals surface area contributed by atoms with E-state index in [0.29, 0.717) is 5.02 Å². The van der Waals surface area contributed by atoms with Crippen molar-refractivity contribution in [3.63, 3.8) is 0 Å². The van der Waals surface area contributed by atoms with Gasteiger partial charge >= 0.3 is 0 Å². The summed E-state index contributed by atoms with van der Waals surface area (Å²) in [4.78, 5) is 29.7. The molecule has 1 N–H and O–H groups in total. The highest BCUT2D eigenvalue weighted by Gasteiger charge is 2.30. The van der Waals surface area contributed by atoms with Crippen molar-refractivity contribution in [3.05, 3.63) is 57.7 Å². The molecule has 0 aliphatic carbocycles. The SMILES string of the molecule is CC(C)(C)N(NC(=O)c1cccnc1OC=S)C(=O)c1ccc(Cl)c(Cl)c1. The quantitative estimate of drug-likeness (QED) is 0.583. The zero-order chi connectivity index (χ0) is 20.2. The summed E-state index contributed by atoms with van der Waals surface area (Å²) in [6.07, 6.45) is 1.47. The minimum Gasteiger partial charge on any atom is -0.434 e. The fourth-order valence-corrected chi connectivity index (χ4v) is 2.54. The van der Waals surface area contributed by atoms with Gasteiger partial charge in [-0.2, -0.15) is 0 Å².